The molecule has 1 fully saturated rings. The Morgan fingerprint density at radius 3 is 2.68 bits per heavy atom. The summed E-state index contributed by atoms with van der Waals surface area (Å²) in [7, 11) is 0. The monoisotopic (exact) mass is 463 g/mol. The molecule has 2 atom stereocenters. The molecular weight excluding hydrogens is 434 g/mol. The average molecular weight is 464 g/mol. The predicted octanol–water partition coefficient (Wildman–Crippen LogP) is 3.05. The van der Waals surface area contributed by atoms with Crippen molar-refractivity contribution in [3.05, 3.63) is 59.2 Å². The van der Waals surface area contributed by atoms with Crippen molar-refractivity contribution in [3.63, 3.8) is 0 Å². The smallest absolute Gasteiger partial charge is 0.325 e. The van der Waals surface area contributed by atoms with Gasteiger partial charge in [-0.05, 0) is 47.6 Å². The lowest BCUT2D eigenvalue weighted by molar-refractivity contribution is -0.135. The number of amides is 4. The number of nitrogens with zero attached hydrogens (tertiary/aromatic N) is 1. The summed E-state index contributed by atoms with van der Waals surface area (Å²) >= 11 is 0. The first kappa shape index (κ1) is 22.3. The second-order valence-electron chi connectivity index (χ2n) is 9.43. The molecule has 3 aliphatic rings. The number of hydrogen-bond donors (Lipinski definition) is 2. The van der Waals surface area contributed by atoms with Crippen LogP contribution in [0.3, 0.4) is 0 Å². The molecule has 8 nitrogen and oxygen atoms in total. The van der Waals surface area contributed by atoms with Gasteiger partial charge in [-0.2, -0.15) is 0 Å². The highest BCUT2D eigenvalue weighted by atomic mass is 16.5. The maximum atomic E-state index is 13.4. The van der Waals surface area contributed by atoms with Crippen LogP contribution in [-0.2, 0) is 21.5 Å². The van der Waals surface area contributed by atoms with Crippen LogP contribution in [0.4, 0.5) is 4.79 Å². The van der Waals surface area contributed by atoms with E-state index in [0.717, 1.165) is 28.0 Å². The molecule has 2 aromatic carbocycles. The van der Waals surface area contributed by atoms with Crippen LogP contribution in [0.5, 0.6) is 11.5 Å². The van der Waals surface area contributed by atoms with Gasteiger partial charge in [0.15, 0.2) is 11.5 Å². The molecule has 178 valence electrons. The van der Waals surface area contributed by atoms with Crippen LogP contribution in [0.1, 0.15) is 49.4 Å². The molecule has 5 rings (SSSR count). The van der Waals surface area contributed by atoms with Gasteiger partial charge >= 0.3 is 6.03 Å². The van der Waals surface area contributed by atoms with Gasteiger partial charge in [0, 0.05) is 6.42 Å². The van der Waals surface area contributed by atoms with Crippen LogP contribution in [-0.4, -0.2) is 42.5 Å². The number of urea groups is 1. The van der Waals surface area contributed by atoms with Crippen molar-refractivity contribution >= 4 is 17.8 Å². The lowest BCUT2D eigenvalue weighted by atomic mass is 9.92. The van der Waals surface area contributed by atoms with Crippen LogP contribution < -0.4 is 20.1 Å². The highest BCUT2D eigenvalue weighted by molar-refractivity contribution is 6.09. The van der Waals surface area contributed by atoms with Crippen LogP contribution in [0.15, 0.2) is 42.5 Å². The Balaban J connectivity index is 1.32. The Hall–Kier alpha value is -3.55. The van der Waals surface area contributed by atoms with Crippen molar-refractivity contribution in [2.75, 3.05) is 19.8 Å². The van der Waals surface area contributed by atoms with E-state index < -0.39 is 17.5 Å². The molecular formula is C26H29N3O5. The molecule has 34 heavy (non-hydrogen) atoms. The van der Waals surface area contributed by atoms with Gasteiger partial charge < -0.3 is 20.1 Å². The number of benzene rings is 2. The number of aryl methyl sites for hydroxylation is 1. The minimum absolute atomic E-state index is 0.0739. The predicted molar refractivity (Wildman–Crippen MR) is 124 cm³/mol. The van der Waals surface area contributed by atoms with Gasteiger partial charge in [-0.3, -0.25) is 14.5 Å². The molecule has 1 saturated heterocycles. The van der Waals surface area contributed by atoms with Gasteiger partial charge in [0.25, 0.3) is 5.91 Å². The van der Waals surface area contributed by atoms with E-state index in [-0.39, 0.29) is 24.4 Å². The molecule has 0 saturated carbocycles. The third kappa shape index (κ3) is 3.77. The Morgan fingerprint density at radius 1 is 1.12 bits per heavy atom. The zero-order valence-corrected chi connectivity index (χ0v) is 19.4. The van der Waals surface area contributed by atoms with Crippen molar-refractivity contribution in [1.82, 2.24) is 15.5 Å². The molecule has 0 aromatic heterocycles. The normalized spacial score (nSPS) is 21.9. The van der Waals surface area contributed by atoms with E-state index in [9.17, 15) is 14.4 Å². The fourth-order valence-electron chi connectivity index (χ4n) is 5.10. The quantitative estimate of drug-likeness (QED) is 0.665. The summed E-state index contributed by atoms with van der Waals surface area (Å²) in [6.07, 6.45) is 2.02. The van der Waals surface area contributed by atoms with E-state index in [1.807, 2.05) is 56.3 Å². The third-order valence-electron chi connectivity index (χ3n) is 6.84. The molecule has 4 amide bonds. The number of ether oxygens (including phenoxy) is 2. The van der Waals surface area contributed by atoms with E-state index in [4.69, 9.17) is 9.47 Å². The van der Waals surface area contributed by atoms with Crippen molar-refractivity contribution in [2.45, 2.75) is 44.7 Å². The van der Waals surface area contributed by atoms with Crippen LogP contribution in [0.2, 0.25) is 0 Å². The number of hydrogen-bond acceptors (Lipinski definition) is 5. The molecule has 8 heteroatoms. The van der Waals surface area contributed by atoms with Crippen molar-refractivity contribution in [2.24, 2.45) is 5.92 Å². The number of carbonyl (C=O) groups excluding carboxylic acids is 3. The molecule has 2 aromatic rings. The third-order valence-corrected chi connectivity index (χ3v) is 6.84. The van der Waals surface area contributed by atoms with Gasteiger partial charge in [-0.25, -0.2) is 4.79 Å². The molecule has 0 bridgehead atoms. The van der Waals surface area contributed by atoms with Crippen LogP contribution in [0, 0.1) is 5.92 Å². The topological polar surface area (TPSA) is 97.0 Å². The molecule has 2 heterocycles. The standard InChI is InChI=1S/C26H29N3O5/c1-16(2)23(18-8-9-20-21(14-18)34-13-5-12-33-20)27-22(30)15-29-24(31)26(28-25(29)32)11-10-17-6-3-4-7-19(17)26/h3-4,6-9,14,16,23H,5,10-13,15H2,1-2H3,(H,27,30)(H,28,32)/t23-,26+/m0/s1. The fourth-order valence-corrected chi connectivity index (χ4v) is 5.10. The first-order chi connectivity index (χ1) is 16.4. The highest BCUT2D eigenvalue weighted by Gasteiger charge is 2.55. The van der Waals surface area contributed by atoms with Crippen molar-refractivity contribution < 1.29 is 23.9 Å². The van der Waals surface area contributed by atoms with Gasteiger partial charge in [-0.15, -0.1) is 0 Å². The summed E-state index contributed by atoms with van der Waals surface area (Å²) in [5.74, 6) is 0.666. The Bertz CT molecular complexity index is 1150. The van der Waals surface area contributed by atoms with Crippen LogP contribution in [0.25, 0.3) is 0 Å². The molecule has 2 aliphatic heterocycles. The minimum Gasteiger partial charge on any atom is -0.490 e. The summed E-state index contributed by atoms with van der Waals surface area (Å²) in [6.45, 7) is 4.86. The molecule has 2 N–H and O–H groups in total. The van der Waals surface area contributed by atoms with Crippen molar-refractivity contribution in [1.29, 1.82) is 0 Å². The van der Waals surface area contributed by atoms with E-state index in [0.29, 0.717) is 37.6 Å². The maximum Gasteiger partial charge on any atom is 0.325 e. The maximum absolute atomic E-state index is 13.4. The van der Waals surface area contributed by atoms with Gasteiger partial charge in [0.2, 0.25) is 5.91 Å². The number of fused-ring (bicyclic) bond motifs is 3. The second-order valence-corrected chi connectivity index (χ2v) is 9.43. The Morgan fingerprint density at radius 2 is 1.88 bits per heavy atom. The zero-order chi connectivity index (χ0) is 23.9. The van der Waals surface area contributed by atoms with Crippen molar-refractivity contribution in [3.8, 4) is 11.5 Å². The van der Waals surface area contributed by atoms with E-state index >= 15 is 0 Å². The second kappa shape index (κ2) is 8.66. The van der Waals surface area contributed by atoms with Gasteiger partial charge in [0.05, 0.1) is 19.3 Å². The first-order valence-electron chi connectivity index (χ1n) is 11.8. The van der Waals surface area contributed by atoms with Crippen LogP contribution >= 0.6 is 0 Å². The highest BCUT2D eigenvalue weighted by Crippen LogP contribution is 2.41. The number of nitrogens with one attached hydrogen (secondary N) is 2. The SMILES string of the molecule is CC(C)[C@H](NC(=O)CN1C(=O)N[C@@]2(CCc3ccccc32)C1=O)c1ccc2c(c1)OCCCO2. The molecule has 1 aliphatic carbocycles. The van der Waals surface area contributed by atoms with Gasteiger partial charge in [-0.1, -0.05) is 44.2 Å². The first-order valence-corrected chi connectivity index (χ1v) is 11.8. The Labute approximate surface area is 198 Å². The van der Waals surface area contributed by atoms with Gasteiger partial charge in [0.1, 0.15) is 12.1 Å². The van der Waals surface area contributed by atoms with E-state index in [2.05, 4.69) is 10.6 Å². The van der Waals surface area contributed by atoms with E-state index in [1.54, 1.807) is 0 Å². The lowest BCUT2D eigenvalue weighted by Gasteiger charge is -2.25. The summed E-state index contributed by atoms with van der Waals surface area (Å²) in [5, 5.41) is 5.88. The average Bonchev–Trinajstić information content (AvgIpc) is 3.17. The summed E-state index contributed by atoms with van der Waals surface area (Å²) in [4.78, 5) is 40.2. The largest absolute Gasteiger partial charge is 0.490 e. The zero-order valence-electron chi connectivity index (χ0n) is 19.4. The molecule has 1 spiro atoms. The number of imide groups is 1. The van der Waals surface area contributed by atoms with E-state index in [1.165, 1.54) is 0 Å². The summed E-state index contributed by atoms with van der Waals surface area (Å²) in [6, 6.07) is 12.5. The summed E-state index contributed by atoms with van der Waals surface area (Å²) < 4.78 is 11.5. The number of rotatable bonds is 5. The molecule has 0 radical (unpaired) electrons. The fraction of sp³-hybridized carbons (Fsp3) is 0.423. The number of carbonyl (C=O) groups is 3. The lowest BCUT2D eigenvalue weighted by Crippen LogP contribution is -2.44. The minimum atomic E-state index is -1.07. The summed E-state index contributed by atoms with van der Waals surface area (Å²) in [5.41, 5.74) is 1.69. The molecule has 0 unspecified atom stereocenters. The Kier molecular flexibility index (Phi) is 5.67.